The number of carbonyl (C=O) groups excluding carboxylic acids is 1. The monoisotopic (exact) mass is 271 g/mol. The van der Waals surface area contributed by atoms with Crippen LogP contribution in [0.1, 0.15) is 9.67 Å². The molecule has 0 radical (unpaired) electrons. The van der Waals surface area contributed by atoms with Crippen molar-refractivity contribution in [2.45, 2.75) is 0 Å². The van der Waals surface area contributed by atoms with E-state index in [2.05, 4.69) is 15.5 Å². The molecular weight excluding hydrogens is 262 g/mol. The molecule has 0 aliphatic heterocycles. The Morgan fingerprint density at radius 1 is 1.21 bits per heavy atom. The number of benzene rings is 1. The third-order valence-electron chi connectivity index (χ3n) is 2.49. The van der Waals surface area contributed by atoms with Gasteiger partial charge in [0, 0.05) is 11.3 Å². The highest BCUT2D eigenvalue weighted by molar-refractivity contribution is 7.12. The summed E-state index contributed by atoms with van der Waals surface area (Å²) in [5, 5.41) is 12.1. The maximum absolute atomic E-state index is 11.8. The summed E-state index contributed by atoms with van der Waals surface area (Å²) in [6.45, 7) is 0. The normalized spacial score (nSPS) is 10.3. The fraction of sp³-hybridized carbons (Fsp3) is 0. The van der Waals surface area contributed by atoms with Crippen molar-refractivity contribution in [2.24, 2.45) is 0 Å². The third kappa shape index (κ3) is 2.53. The van der Waals surface area contributed by atoms with Crippen LogP contribution in [0.3, 0.4) is 0 Å². The second-order valence-electron chi connectivity index (χ2n) is 3.75. The molecule has 2 heterocycles. The standard InChI is InChI=1S/C13H9N3O2S/c17-12(11-2-1-7-19-11)15-10-5-3-9(4-6-10)13-16-14-8-18-13/h1-8H,(H,15,17). The van der Waals surface area contributed by atoms with Gasteiger partial charge in [-0.2, -0.15) is 0 Å². The molecular formula is C13H9N3O2S. The molecule has 19 heavy (non-hydrogen) atoms. The minimum Gasteiger partial charge on any atom is -0.423 e. The van der Waals surface area contributed by atoms with Gasteiger partial charge in [-0.15, -0.1) is 21.5 Å². The van der Waals surface area contributed by atoms with Crippen molar-refractivity contribution in [3.8, 4) is 11.5 Å². The molecule has 1 amide bonds. The number of rotatable bonds is 3. The van der Waals surface area contributed by atoms with Gasteiger partial charge in [-0.25, -0.2) is 0 Å². The van der Waals surface area contributed by atoms with Gasteiger partial charge in [-0.1, -0.05) is 6.07 Å². The van der Waals surface area contributed by atoms with E-state index in [1.165, 1.54) is 17.7 Å². The Balaban J connectivity index is 1.75. The Labute approximate surface area is 112 Å². The summed E-state index contributed by atoms with van der Waals surface area (Å²) in [6.07, 6.45) is 1.28. The molecule has 0 unspecified atom stereocenters. The van der Waals surface area contributed by atoms with Crippen LogP contribution in [0.2, 0.25) is 0 Å². The predicted octanol–water partition coefficient (Wildman–Crippen LogP) is 3.05. The molecule has 0 saturated carbocycles. The van der Waals surface area contributed by atoms with Gasteiger partial charge in [-0.3, -0.25) is 4.79 Å². The van der Waals surface area contributed by atoms with Crippen molar-refractivity contribution >= 4 is 22.9 Å². The van der Waals surface area contributed by atoms with Gasteiger partial charge in [0.25, 0.3) is 5.91 Å². The summed E-state index contributed by atoms with van der Waals surface area (Å²) in [5.74, 6) is 0.344. The van der Waals surface area contributed by atoms with Gasteiger partial charge in [0.15, 0.2) is 0 Å². The zero-order valence-corrected chi connectivity index (χ0v) is 10.6. The summed E-state index contributed by atoms with van der Waals surface area (Å²) >= 11 is 1.41. The number of nitrogens with zero attached hydrogens (tertiary/aromatic N) is 2. The molecule has 1 aromatic carbocycles. The Morgan fingerprint density at radius 2 is 2.05 bits per heavy atom. The summed E-state index contributed by atoms with van der Waals surface area (Å²) in [7, 11) is 0. The van der Waals surface area contributed by atoms with Crippen molar-refractivity contribution in [1.82, 2.24) is 10.2 Å². The van der Waals surface area contributed by atoms with E-state index in [1.54, 1.807) is 18.2 Å². The summed E-state index contributed by atoms with van der Waals surface area (Å²) in [5.41, 5.74) is 1.54. The van der Waals surface area contributed by atoms with Crippen LogP contribution in [0.5, 0.6) is 0 Å². The Hall–Kier alpha value is -2.47. The van der Waals surface area contributed by atoms with Crippen molar-refractivity contribution in [3.63, 3.8) is 0 Å². The van der Waals surface area contributed by atoms with Gasteiger partial charge in [0.2, 0.25) is 12.3 Å². The first-order valence-corrected chi connectivity index (χ1v) is 6.42. The first kappa shape index (κ1) is 11.6. The van der Waals surface area contributed by atoms with Gasteiger partial charge in [-0.05, 0) is 35.7 Å². The number of nitrogens with one attached hydrogen (secondary N) is 1. The van der Waals surface area contributed by atoms with E-state index in [1.807, 2.05) is 23.6 Å². The van der Waals surface area contributed by atoms with Crippen molar-refractivity contribution in [2.75, 3.05) is 5.32 Å². The van der Waals surface area contributed by atoms with Gasteiger partial charge < -0.3 is 9.73 Å². The molecule has 0 spiro atoms. The molecule has 0 bridgehead atoms. The molecule has 5 nitrogen and oxygen atoms in total. The number of anilines is 1. The lowest BCUT2D eigenvalue weighted by Crippen LogP contribution is -2.09. The first-order valence-electron chi connectivity index (χ1n) is 5.54. The molecule has 6 heteroatoms. The predicted molar refractivity (Wildman–Crippen MR) is 72.0 cm³/mol. The molecule has 3 aromatic rings. The number of aromatic nitrogens is 2. The SMILES string of the molecule is O=C(Nc1ccc(-c2nnco2)cc1)c1cccs1. The lowest BCUT2D eigenvalue weighted by Gasteiger charge is -2.03. The van der Waals surface area contributed by atoms with Crippen LogP contribution in [0, 0.1) is 0 Å². The minimum absolute atomic E-state index is 0.111. The molecule has 3 rings (SSSR count). The highest BCUT2D eigenvalue weighted by atomic mass is 32.1. The van der Waals surface area contributed by atoms with Crippen LogP contribution in [0.4, 0.5) is 5.69 Å². The van der Waals surface area contributed by atoms with Crippen molar-refractivity contribution in [3.05, 3.63) is 53.0 Å². The molecule has 0 fully saturated rings. The molecule has 0 atom stereocenters. The second kappa shape index (κ2) is 5.03. The highest BCUT2D eigenvalue weighted by Gasteiger charge is 2.07. The van der Waals surface area contributed by atoms with Crippen LogP contribution in [-0.2, 0) is 0 Å². The van der Waals surface area contributed by atoms with Crippen molar-refractivity contribution in [1.29, 1.82) is 0 Å². The zero-order valence-electron chi connectivity index (χ0n) is 9.74. The van der Waals surface area contributed by atoms with Crippen LogP contribution in [0.15, 0.2) is 52.6 Å². The lowest BCUT2D eigenvalue weighted by atomic mass is 10.2. The average Bonchev–Trinajstić information content (AvgIpc) is 3.13. The summed E-state index contributed by atoms with van der Waals surface area (Å²) < 4.78 is 5.09. The van der Waals surface area contributed by atoms with Crippen LogP contribution < -0.4 is 5.32 Å². The molecule has 0 aliphatic rings. The number of hydrogen-bond donors (Lipinski definition) is 1. The van der Waals surface area contributed by atoms with E-state index >= 15 is 0 Å². The van der Waals surface area contributed by atoms with E-state index in [-0.39, 0.29) is 5.91 Å². The number of amides is 1. The van der Waals surface area contributed by atoms with Gasteiger partial charge >= 0.3 is 0 Å². The molecule has 0 aliphatic carbocycles. The summed E-state index contributed by atoms with van der Waals surface area (Å²) in [4.78, 5) is 12.5. The van der Waals surface area contributed by atoms with E-state index in [0.29, 0.717) is 10.8 Å². The largest absolute Gasteiger partial charge is 0.423 e. The number of thiophene rings is 1. The quantitative estimate of drug-likeness (QED) is 0.795. The van der Waals surface area contributed by atoms with Crippen LogP contribution in [0.25, 0.3) is 11.5 Å². The molecule has 94 valence electrons. The topological polar surface area (TPSA) is 68.0 Å². The minimum atomic E-state index is -0.111. The van der Waals surface area contributed by atoms with Crippen LogP contribution in [-0.4, -0.2) is 16.1 Å². The maximum atomic E-state index is 11.8. The average molecular weight is 271 g/mol. The van der Waals surface area contributed by atoms with Gasteiger partial charge in [0.05, 0.1) is 4.88 Å². The zero-order chi connectivity index (χ0) is 13.1. The Morgan fingerprint density at radius 3 is 2.68 bits per heavy atom. The van der Waals surface area contributed by atoms with E-state index in [4.69, 9.17) is 4.42 Å². The number of hydrogen-bond acceptors (Lipinski definition) is 5. The van der Waals surface area contributed by atoms with Crippen LogP contribution >= 0.6 is 11.3 Å². The first-order chi connectivity index (χ1) is 9.33. The smallest absolute Gasteiger partial charge is 0.265 e. The molecule has 2 aromatic heterocycles. The molecule has 1 N–H and O–H groups in total. The van der Waals surface area contributed by atoms with Crippen molar-refractivity contribution < 1.29 is 9.21 Å². The van der Waals surface area contributed by atoms with E-state index in [9.17, 15) is 4.79 Å². The third-order valence-corrected chi connectivity index (χ3v) is 3.36. The van der Waals surface area contributed by atoms with E-state index in [0.717, 1.165) is 11.3 Å². The fourth-order valence-corrected chi connectivity index (χ4v) is 2.21. The summed E-state index contributed by atoms with van der Waals surface area (Å²) in [6, 6.07) is 10.9. The fourth-order valence-electron chi connectivity index (χ4n) is 1.60. The highest BCUT2D eigenvalue weighted by Crippen LogP contribution is 2.19. The van der Waals surface area contributed by atoms with Gasteiger partial charge in [0.1, 0.15) is 0 Å². The lowest BCUT2D eigenvalue weighted by molar-refractivity contribution is 0.103. The number of carbonyl (C=O) groups is 1. The maximum Gasteiger partial charge on any atom is 0.265 e. The van der Waals surface area contributed by atoms with E-state index < -0.39 is 0 Å². The second-order valence-corrected chi connectivity index (χ2v) is 4.70. The molecule has 0 saturated heterocycles. The Kier molecular flexibility index (Phi) is 3.07. The Bertz CT molecular complexity index is 661.